The maximum Gasteiger partial charge on any atom is 0.338 e. The standard InChI is InChI=1S/C19H27NO5S/c1-14-4-10-17(11-5-14)20(2)18(21)12-25-19(22)16-8-6-15(7-9-16)13-26(3,23)24/h6-9,14,17H,4-5,10-13H2,1-3H3. The lowest BCUT2D eigenvalue weighted by atomic mass is 9.87. The molecule has 0 spiro atoms. The van der Waals surface area contributed by atoms with Crippen LogP contribution in [0.3, 0.4) is 0 Å². The van der Waals surface area contributed by atoms with Crippen LogP contribution in [0.5, 0.6) is 0 Å². The van der Waals surface area contributed by atoms with E-state index in [1.807, 2.05) is 0 Å². The molecule has 0 unspecified atom stereocenters. The third-order valence-electron chi connectivity index (χ3n) is 4.87. The third-order valence-corrected chi connectivity index (χ3v) is 5.73. The van der Waals surface area contributed by atoms with Crippen LogP contribution in [0.2, 0.25) is 0 Å². The lowest BCUT2D eigenvalue weighted by molar-refractivity contribution is -0.136. The van der Waals surface area contributed by atoms with E-state index in [0.29, 0.717) is 17.0 Å². The third kappa shape index (κ3) is 6.12. The maximum absolute atomic E-state index is 12.3. The van der Waals surface area contributed by atoms with Gasteiger partial charge in [0.2, 0.25) is 0 Å². The van der Waals surface area contributed by atoms with Crippen LogP contribution in [-0.4, -0.2) is 51.1 Å². The topological polar surface area (TPSA) is 80.8 Å². The summed E-state index contributed by atoms with van der Waals surface area (Å²) in [6.07, 6.45) is 5.35. The summed E-state index contributed by atoms with van der Waals surface area (Å²) in [6.45, 7) is 1.94. The van der Waals surface area contributed by atoms with Gasteiger partial charge in [0.05, 0.1) is 11.3 Å². The molecule has 6 nitrogen and oxygen atoms in total. The van der Waals surface area contributed by atoms with Crippen LogP contribution in [-0.2, 0) is 25.1 Å². The first kappa shape index (κ1) is 20.4. The summed E-state index contributed by atoms with van der Waals surface area (Å²) in [4.78, 5) is 26.0. The number of likely N-dealkylation sites (N-methyl/N-ethyl adjacent to an activating group) is 1. The largest absolute Gasteiger partial charge is 0.452 e. The van der Waals surface area contributed by atoms with Crippen molar-refractivity contribution in [3.8, 4) is 0 Å². The molecule has 1 aliphatic rings. The van der Waals surface area contributed by atoms with Gasteiger partial charge in [0.1, 0.15) is 0 Å². The number of benzene rings is 1. The highest BCUT2D eigenvalue weighted by molar-refractivity contribution is 7.89. The van der Waals surface area contributed by atoms with E-state index in [4.69, 9.17) is 4.74 Å². The highest BCUT2D eigenvalue weighted by atomic mass is 32.2. The minimum Gasteiger partial charge on any atom is -0.452 e. The molecule has 1 aromatic carbocycles. The first-order valence-corrected chi connectivity index (χ1v) is 10.9. The van der Waals surface area contributed by atoms with E-state index >= 15 is 0 Å². The van der Waals surface area contributed by atoms with Crippen LogP contribution in [0.25, 0.3) is 0 Å². The molecule has 0 bridgehead atoms. The molecule has 1 saturated carbocycles. The van der Waals surface area contributed by atoms with Crippen molar-refractivity contribution in [2.24, 2.45) is 5.92 Å². The Hall–Kier alpha value is -1.89. The predicted octanol–water partition coefficient (Wildman–Crippen LogP) is 2.43. The minimum absolute atomic E-state index is 0.0778. The molecular formula is C19H27NO5S. The van der Waals surface area contributed by atoms with Gasteiger partial charge in [0, 0.05) is 19.3 Å². The monoisotopic (exact) mass is 381 g/mol. The fourth-order valence-electron chi connectivity index (χ4n) is 3.19. The molecule has 2 rings (SSSR count). The number of hydrogen-bond donors (Lipinski definition) is 0. The molecule has 0 aromatic heterocycles. The van der Waals surface area contributed by atoms with Crippen LogP contribution in [0, 0.1) is 5.92 Å². The zero-order chi connectivity index (χ0) is 19.3. The molecule has 0 saturated heterocycles. The van der Waals surface area contributed by atoms with Gasteiger partial charge in [0.15, 0.2) is 16.4 Å². The Morgan fingerprint density at radius 1 is 1.12 bits per heavy atom. The highest BCUT2D eigenvalue weighted by Gasteiger charge is 2.25. The number of amides is 1. The van der Waals surface area contributed by atoms with Gasteiger partial charge in [-0.05, 0) is 49.3 Å². The lowest BCUT2D eigenvalue weighted by Crippen LogP contribution is -2.41. The Morgan fingerprint density at radius 3 is 2.23 bits per heavy atom. The Labute approximate surface area is 155 Å². The number of carbonyl (C=O) groups excluding carboxylic acids is 2. The Bertz CT molecular complexity index is 734. The van der Waals surface area contributed by atoms with Crippen molar-refractivity contribution < 1.29 is 22.7 Å². The first-order chi connectivity index (χ1) is 12.2. The van der Waals surface area contributed by atoms with Gasteiger partial charge in [-0.25, -0.2) is 13.2 Å². The van der Waals surface area contributed by atoms with Crippen LogP contribution < -0.4 is 0 Å². The van der Waals surface area contributed by atoms with E-state index in [0.717, 1.165) is 31.9 Å². The SMILES string of the molecule is CC1CCC(N(C)C(=O)COC(=O)c2ccc(CS(C)(=O)=O)cc2)CC1. The molecule has 26 heavy (non-hydrogen) atoms. The molecule has 144 valence electrons. The van der Waals surface area contributed by atoms with E-state index < -0.39 is 15.8 Å². The quantitative estimate of drug-likeness (QED) is 0.707. The zero-order valence-corrected chi connectivity index (χ0v) is 16.4. The molecule has 1 aromatic rings. The van der Waals surface area contributed by atoms with E-state index in [9.17, 15) is 18.0 Å². The number of carbonyl (C=O) groups is 2. The molecule has 1 fully saturated rings. The summed E-state index contributed by atoms with van der Waals surface area (Å²) in [5, 5.41) is 0. The molecule has 1 aliphatic carbocycles. The molecule has 0 atom stereocenters. The van der Waals surface area contributed by atoms with E-state index in [1.165, 1.54) is 12.1 Å². The number of sulfone groups is 1. The Morgan fingerprint density at radius 2 is 1.69 bits per heavy atom. The second-order valence-corrected chi connectivity index (χ2v) is 9.40. The molecule has 7 heteroatoms. The van der Waals surface area contributed by atoms with Gasteiger partial charge >= 0.3 is 5.97 Å². The van der Waals surface area contributed by atoms with Crippen LogP contribution in [0.4, 0.5) is 0 Å². The summed E-state index contributed by atoms with van der Waals surface area (Å²) in [5.41, 5.74) is 0.899. The van der Waals surface area contributed by atoms with E-state index in [1.54, 1.807) is 24.1 Å². The van der Waals surface area contributed by atoms with Gasteiger partial charge in [0.25, 0.3) is 5.91 Å². The molecule has 1 amide bonds. The zero-order valence-electron chi connectivity index (χ0n) is 15.6. The van der Waals surface area contributed by atoms with Gasteiger partial charge in [-0.15, -0.1) is 0 Å². The summed E-state index contributed by atoms with van der Waals surface area (Å²) in [6, 6.07) is 6.40. The second kappa shape index (κ2) is 8.66. The number of nitrogens with zero attached hydrogens (tertiary/aromatic N) is 1. The Balaban J connectivity index is 1.84. The first-order valence-electron chi connectivity index (χ1n) is 8.85. The number of rotatable bonds is 6. The second-order valence-electron chi connectivity index (χ2n) is 7.26. The minimum atomic E-state index is -3.12. The summed E-state index contributed by atoms with van der Waals surface area (Å²) >= 11 is 0. The molecule has 0 N–H and O–H groups in total. The predicted molar refractivity (Wildman–Crippen MR) is 99.5 cm³/mol. The van der Waals surface area contributed by atoms with Crippen molar-refractivity contribution in [2.75, 3.05) is 19.9 Å². The molecular weight excluding hydrogens is 354 g/mol. The molecule has 0 radical (unpaired) electrons. The normalized spacial score (nSPS) is 20.4. The van der Waals surface area contributed by atoms with Gasteiger partial charge in [-0.2, -0.15) is 0 Å². The van der Waals surface area contributed by atoms with Crippen LogP contribution in [0.1, 0.15) is 48.5 Å². The smallest absolute Gasteiger partial charge is 0.338 e. The van der Waals surface area contributed by atoms with E-state index in [2.05, 4.69) is 6.92 Å². The number of ether oxygens (including phenoxy) is 1. The summed E-state index contributed by atoms with van der Waals surface area (Å²) < 4.78 is 27.7. The van der Waals surface area contributed by atoms with Crippen LogP contribution >= 0.6 is 0 Å². The average molecular weight is 381 g/mol. The number of hydrogen-bond acceptors (Lipinski definition) is 5. The number of esters is 1. The van der Waals surface area contributed by atoms with Gasteiger partial charge in [-0.1, -0.05) is 19.1 Å². The van der Waals surface area contributed by atoms with Crippen molar-refractivity contribution in [2.45, 2.75) is 44.4 Å². The van der Waals surface area contributed by atoms with Crippen molar-refractivity contribution in [3.63, 3.8) is 0 Å². The van der Waals surface area contributed by atoms with E-state index in [-0.39, 0.29) is 24.3 Å². The summed E-state index contributed by atoms with van der Waals surface area (Å²) in [7, 11) is -1.36. The Kier molecular flexibility index (Phi) is 6.81. The van der Waals surface area contributed by atoms with Crippen molar-refractivity contribution in [1.29, 1.82) is 0 Å². The fraction of sp³-hybridized carbons (Fsp3) is 0.579. The van der Waals surface area contributed by atoms with Crippen molar-refractivity contribution in [1.82, 2.24) is 4.90 Å². The van der Waals surface area contributed by atoms with Crippen LogP contribution in [0.15, 0.2) is 24.3 Å². The van der Waals surface area contributed by atoms with Gasteiger partial charge < -0.3 is 9.64 Å². The highest BCUT2D eigenvalue weighted by Crippen LogP contribution is 2.26. The summed E-state index contributed by atoms with van der Waals surface area (Å²) in [5.74, 6) is -0.161. The average Bonchev–Trinajstić information content (AvgIpc) is 2.58. The van der Waals surface area contributed by atoms with Gasteiger partial charge in [-0.3, -0.25) is 4.79 Å². The lowest BCUT2D eigenvalue weighted by Gasteiger charge is -2.33. The fourth-order valence-corrected chi connectivity index (χ4v) is 3.98. The molecule has 0 aliphatic heterocycles. The molecule has 0 heterocycles. The van der Waals surface area contributed by atoms with Crippen molar-refractivity contribution >= 4 is 21.7 Å². The van der Waals surface area contributed by atoms with Crippen molar-refractivity contribution in [3.05, 3.63) is 35.4 Å². The maximum atomic E-state index is 12.3.